The number of nitrogens with two attached hydrogens (primary N) is 1. The molecule has 5 heteroatoms. The van der Waals surface area contributed by atoms with E-state index in [2.05, 4.69) is 23.9 Å². The number of aromatic nitrogens is 3. The van der Waals surface area contributed by atoms with Crippen LogP contribution in [0.3, 0.4) is 0 Å². The molecule has 0 aliphatic heterocycles. The Kier molecular flexibility index (Phi) is 3.25. The SMILES string of the molecule is Cc1cc(Oc2nccn3nc(C(C)C)cc23)ccc1N. The standard InChI is InChI=1S/C16H18N4O/c1-10(2)14-9-15-16(18-6-7-20(15)19-14)21-12-4-5-13(17)11(3)8-12/h4-10H,17H2,1-3H3. The van der Waals surface area contributed by atoms with Crippen LogP contribution in [0.5, 0.6) is 11.6 Å². The molecular formula is C16H18N4O. The molecule has 2 aromatic heterocycles. The van der Waals surface area contributed by atoms with Gasteiger partial charge in [0.25, 0.3) is 0 Å². The van der Waals surface area contributed by atoms with Crippen molar-refractivity contribution >= 4 is 11.2 Å². The van der Waals surface area contributed by atoms with Gasteiger partial charge in [-0.05, 0) is 42.7 Å². The third-order valence-electron chi connectivity index (χ3n) is 3.42. The number of ether oxygens (including phenoxy) is 1. The molecule has 0 atom stereocenters. The lowest BCUT2D eigenvalue weighted by atomic mass is 10.1. The fraction of sp³-hybridized carbons (Fsp3) is 0.250. The van der Waals surface area contributed by atoms with E-state index in [1.807, 2.05) is 37.4 Å². The van der Waals surface area contributed by atoms with Crippen molar-refractivity contribution in [1.29, 1.82) is 0 Å². The quantitative estimate of drug-likeness (QED) is 0.746. The van der Waals surface area contributed by atoms with Gasteiger partial charge in [0.2, 0.25) is 5.88 Å². The summed E-state index contributed by atoms with van der Waals surface area (Å²) in [6, 6.07) is 7.59. The van der Waals surface area contributed by atoms with Crippen molar-refractivity contribution in [2.24, 2.45) is 0 Å². The lowest BCUT2D eigenvalue weighted by molar-refractivity contribution is 0.465. The van der Waals surface area contributed by atoms with E-state index in [0.717, 1.165) is 28.2 Å². The lowest BCUT2D eigenvalue weighted by Crippen LogP contribution is -1.95. The first-order valence-corrected chi connectivity index (χ1v) is 6.93. The van der Waals surface area contributed by atoms with Crippen molar-refractivity contribution in [3.05, 3.63) is 47.9 Å². The topological polar surface area (TPSA) is 65.4 Å². The molecule has 3 rings (SSSR count). The monoisotopic (exact) mass is 282 g/mol. The third kappa shape index (κ3) is 2.54. The van der Waals surface area contributed by atoms with Gasteiger partial charge in [0.05, 0.1) is 5.69 Å². The maximum atomic E-state index is 5.89. The van der Waals surface area contributed by atoms with Crippen LogP contribution in [0, 0.1) is 6.92 Å². The van der Waals surface area contributed by atoms with E-state index < -0.39 is 0 Å². The Hall–Kier alpha value is -2.56. The van der Waals surface area contributed by atoms with Crippen LogP contribution in [0.4, 0.5) is 5.69 Å². The summed E-state index contributed by atoms with van der Waals surface area (Å²) in [5, 5.41) is 4.52. The van der Waals surface area contributed by atoms with Gasteiger partial charge in [0.15, 0.2) is 0 Å². The Bertz CT molecular complexity index is 792. The van der Waals surface area contributed by atoms with E-state index in [-0.39, 0.29) is 0 Å². The number of fused-ring (bicyclic) bond motifs is 1. The molecule has 0 radical (unpaired) electrons. The summed E-state index contributed by atoms with van der Waals surface area (Å²) < 4.78 is 7.69. The van der Waals surface area contributed by atoms with Crippen LogP contribution in [0.2, 0.25) is 0 Å². The highest BCUT2D eigenvalue weighted by Gasteiger charge is 2.11. The summed E-state index contributed by atoms with van der Waals surface area (Å²) in [6.45, 7) is 6.17. The Balaban J connectivity index is 2.01. The first-order chi connectivity index (χ1) is 10.0. The molecule has 108 valence electrons. The number of hydrogen-bond acceptors (Lipinski definition) is 4. The number of hydrogen-bond donors (Lipinski definition) is 1. The predicted octanol–water partition coefficient (Wildman–Crippen LogP) is 3.54. The lowest BCUT2D eigenvalue weighted by Gasteiger charge is -2.07. The second kappa shape index (κ2) is 5.09. The van der Waals surface area contributed by atoms with E-state index in [9.17, 15) is 0 Å². The largest absolute Gasteiger partial charge is 0.437 e. The predicted molar refractivity (Wildman–Crippen MR) is 82.7 cm³/mol. The highest BCUT2D eigenvalue weighted by molar-refractivity contribution is 5.58. The number of nitrogen functional groups attached to an aromatic ring is 1. The molecule has 0 saturated heterocycles. The molecule has 2 N–H and O–H groups in total. The molecule has 0 fully saturated rings. The van der Waals surface area contributed by atoms with E-state index in [1.165, 1.54) is 0 Å². The summed E-state index contributed by atoms with van der Waals surface area (Å²) >= 11 is 0. The Labute approximate surface area is 123 Å². The summed E-state index contributed by atoms with van der Waals surface area (Å²) in [5.41, 5.74) is 9.43. The minimum absolute atomic E-state index is 0.358. The smallest absolute Gasteiger partial charge is 0.245 e. The zero-order chi connectivity index (χ0) is 15.0. The molecule has 3 aromatic rings. The minimum atomic E-state index is 0.358. The Morgan fingerprint density at radius 2 is 2.05 bits per heavy atom. The molecule has 1 aromatic carbocycles. The van der Waals surface area contributed by atoms with Crippen molar-refractivity contribution in [3.63, 3.8) is 0 Å². The van der Waals surface area contributed by atoms with Crippen molar-refractivity contribution in [2.75, 3.05) is 5.73 Å². The van der Waals surface area contributed by atoms with Gasteiger partial charge in [-0.2, -0.15) is 5.10 Å². The zero-order valence-corrected chi connectivity index (χ0v) is 12.4. The van der Waals surface area contributed by atoms with E-state index >= 15 is 0 Å². The molecule has 5 nitrogen and oxygen atoms in total. The average molecular weight is 282 g/mol. The summed E-state index contributed by atoms with van der Waals surface area (Å²) in [6.07, 6.45) is 3.51. The van der Waals surface area contributed by atoms with Gasteiger partial charge < -0.3 is 10.5 Å². The first kappa shape index (κ1) is 13.4. The maximum absolute atomic E-state index is 5.89. The second-order valence-electron chi connectivity index (χ2n) is 5.41. The maximum Gasteiger partial charge on any atom is 0.245 e. The Morgan fingerprint density at radius 1 is 1.24 bits per heavy atom. The molecule has 21 heavy (non-hydrogen) atoms. The number of nitrogens with zero attached hydrogens (tertiary/aromatic N) is 3. The number of benzene rings is 1. The number of anilines is 1. The first-order valence-electron chi connectivity index (χ1n) is 6.93. The van der Waals surface area contributed by atoms with Crippen molar-refractivity contribution in [1.82, 2.24) is 14.6 Å². The highest BCUT2D eigenvalue weighted by Crippen LogP contribution is 2.27. The van der Waals surface area contributed by atoms with Gasteiger partial charge in [-0.25, -0.2) is 9.50 Å². The molecule has 0 unspecified atom stereocenters. The van der Waals surface area contributed by atoms with Crippen molar-refractivity contribution in [3.8, 4) is 11.6 Å². The zero-order valence-electron chi connectivity index (χ0n) is 12.4. The second-order valence-corrected chi connectivity index (χ2v) is 5.41. The van der Waals surface area contributed by atoms with Crippen molar-refractivity contribution < 1.29 is 4.74 Å². The van der Waals surface area contributed by atoms with Gasteiger partial charge in [0, 0.05) is 18.1 Å². The van der Waals surface area contributed by atoms with Crippen LogP contribution >= 0.6 is 0 Å². The van der Waals surface area contributed by atoms with Crippen molar-refractivity contribution in [2.45, 2.75) is 26.7 Å². The molecule has 0 spiro atoms. The van der Waals surface area contributed by atoms with Gasteiger partial charge in [-0.3, -0.25) is 0 Å². The van der Waals surface area contributed by atoms with Crippen LogP contribution in [-0.4, -0.2) is 14.6 Å². The van der Waals surface area contributed by atoms with Crippen LogP contribution in [0.1, 0.15) is 31.0 Å². The summed E-state index contributed by atoms with van der Waals surface area (Å²) in [5.74, 6) is 1.62. The molecule has 0 saturated carbocycles. The molecule has 0 aliphatic carbocycles. The van der Waals surface area contributed by atoms with Gasteiger partial charge in [-0.1, -0.05) is 13.8 Å². The minimum Gasteiger partial charge on any atom is -0.437 e. The third-order valence-corrected chi connectivity index (χ3v) is 3.42. The molecule has 0 amide bonds. The Morgan fingerprint density at radius 3 is 2.76 bits per heavy atom. The molecule has 0 aliphatic rings. The molecule has 2 heterocycles. The molecule has 0 bridgehead atoms. The van der Waals surface area contributed by atoms with Crippen LogP contribution < -0.4 is 10.5 Å². The fourth-order valence-corrected chi connectivity index (χ4v) is 2.10. The average Bonchev–Trinajstić information content (AvgIpc) is 2.88. The highest BCUT2D eigenvalue weighted by atomic mass is 16.5. The summed E-state index contributed by atoms with van der Waals surface area (Å²) in [7, 11) is 0. The number of aryl methyl sites for hydroxylation is 1. The van der Waals surface area contributed by atoms with E-state index in [4.69, 9.17) is 10.5 Å². The van der Waals surface area contributed by atoms with E-state index in [1.54, 1.807) is 10.7 Å². The normalized spacial score (nSPS) is 11.2. The van der Waals surface area contributed by atoms with E-state index in [0.29, 0.717) is 11.8 Å². The van der Waals surface area contributed by atoms with Crippen LogP contribution in [0.15, 0.2) is 36.7 Å². The summed E-state index contributed by atoms with van der Waals surface area (Å²) in [4.78, 5) is 4.31. The van der Waals surface area contributed by atoms with Crippen LogP contribution in [0.25, 0.3) is 5.52 Å². The van der Waals surface area contributed by atoms with Gasteiger partial charge in [-0.15, -0.1) is 0 Å². The number of rotatable bonds is 3. The fourth-order valence-electron chi connectivity index (χ4n) is 2.10. The van der Waals surface area contributed by atoms with Gasteiger partial charge >= 0.3 is 0 Å². The van der Waals surface area contributed by atoms with Crippen LogP contribution in [-0.2, 0) is 0 Å². The van der Waals surface area contributed by atoms with Gasteiger partial charge in [0.1, 0.15) is 11.3 Å². The molecular weight excluding hydrogens is 264 g/mol.